The molecule has 1 saturated heterocycles. The van der Waals surface area contributed by atoms with E-state index >= 15 is 0 Å². The Kier molecular flexibility index (Phi) is 5.95. The number of hydrogen-bond donors (Lipinski definition) is 1. The number of amides is 1. The summed E-state index contributed by atoms with van der Waals surface area (Å²) in [7, 11) is 0. The third-order valence-corrected chi connectivity index (χ3v) is 7.47. The van der Waals surface area contributed by atoms with Crippen LogP contribution >= 0.6 is 11.3 Å². The first-order chi connectivity index (χ1) is 16.0. The molecule has 1 N–H and O–H groups in total. The quantitative estimate of drug-likeness (QED) is 0.455. The summed E-state index contributed by atoms with van der Waals surface area (Å²) in [6.45, 7) is 9.37. The van der Waals surface area contributed by atoms with Crippen molar-refractivity contribution in [1.82, 2.24) is 24.6 Å². The number of aryl methyl sites for hydroxylation is 1. The van der Waals surface area contributed by atoms with Crippen molar-refractivity contribution in [3.8, 4) is 5.82 Å². The minimum atomic E-state index is -0.202. The van der Waals surface area contributed by atoms with Crippen molar-refractivity contribution in [2.24, 2.45) is 5.92 Å². The summed E-state index contributed by atoms with van der Waals surface area (Å²) < 4.78 is 1.71. The number of aromatic nitrogens is 4. The summed E-state index contributed by atoms with van der Waals surface area (Å²) in [5, 5.41) is 9.11. The summed E-state index contributed by atoms with van der Waals surface area (Å²) in [6, 6.07) is 11.9. The Bertz CT molecular complexity index is 1300. The van der Waals surface area contributed by atoms with Crippen LogP contribution in [0.3, 0.4) is 0 Å². The molecule has 0 atom stereocenters. The molecule has 0 aliphatic carbocycles. The van der Waals surface area contributed by atoms with Crippen molar-refractivity contribution >= 4 is 33.3 Å². The highest BCUT2D eigenvalue weighted by atomic mass is 32.1. The molecule has 4 aromatic rings. The largest absolute Gasteiger partial charge is 0.298 e. The maximum Gasteiger partial charge on any atom is 0.260 e. The van der Waals surface area contributed by atoms with Crippen LogP contribution in [-0.4, -0.2) is 43.6 Å². The lowest BCUT2D eigenvalue weighted by Crippen LogP contribution is -2.32. The number of likely N-dealkylation sites (tertiary alicyclic amines) is 1. The smallest absolute Gasteiger partial charge is 0.260 e. The maximum absolute atomic E-state index is 13.0. The van der Waals surface area contributed by atoms with Crippen LogP contribution in [0.2, 0.25) is 0 Å². The summed E-state index contributed by atoms with van der Waals surface area (Å²) in [5.74, 6) is 1.30. The standard InChI is InChI=1S/C25H28N6OS/c1-16-10-12-30(13-11-16)15-22-17(2)27-25(33-22)29-24(32)20-14-26-31(18(20)3)23-9-8-19-6-4-5-7-21(19)28-23/h4-9,14,16H,10-13,15H2,1-3H3,(H,27,29,32). The number of rotatable bonds is 5. The Balaban J connectivity index is 1.31. The van der Waals surface area contributed by atoms with E-state index in [1.54, 1.807) is 22.2 Å². The van der Waals surface area contributed by atoms with E-state index in [0.717, 1.165) is 47.8 Å². The molecular formula is C25H28N6OS. The molecule has 0 spiro atoms. The number of nitrogens with zero attached hydrogens (tertiary/aromatic N) is 5. The minimum absolute atomic E-state index is 0.202. The van der Waals surface area contributed by atoms with Gasteiger partial charge in [0, 0.05) is 16.8 Å². The molecule has 0 saturated carbocycles. The van der Waals surface area contributed by atoms with Gasteiger partial charge in [0.05, 0.1) is 28.7 Å². The van der Waals surface area contributed by atoms with Crippen LogP contribution in [0.5, 0.6) is 0 Å². The number of anilines is 1. The molecular weight excluding hydrogens is 432 g/mol. The van der Waals surface area contributed by atoms with Crippen LogP contribution in [0, 0.1) is 19.8 Å². The number of para-hydroxylation sites is 1. The van der Waals surface area contributed by atoms with E-state index in [1.165, 1.54) is 17.7 Å². The van der Waals surface area contributed by atoms with Gasteiger partial charge >= 0.3 is 0 Å². The number of hydrogen-bond acceptors (Lipinski definition) is 6. The van der Waals surface area contributed by atoms with Gasteiger partial charge in [-0.15, -0.1) is 11.3 Å². The zero-order valence-electron chi connectivity index (χ0n) is 19.2. The number of thiazole rings is 1. The Morgan fingerprint density at radius 1 is 1.12 bits per heavy atom. The topological polar surface area (TPSA) is 75.9 Å². The van der Waals surface area contributed by atoms with Crippen LogP contribution in [0.15, 0.2) is 42.6 Å². The van der Waals surface area contributed by atoms with E-state index in [2.05, 4.69) is 27.2 Å². The number of carbonyl (C=O) groups excluding carboxylic acids is 1. The van der Waals surface area contributed by atoms with Crippen LogP contribution in [0.1, 0.15) is 46.4 Å². The van der Waals surface area contributed by atoms with Crippen molar-refractivity contribution in [2.45, 2.75) is 40.2 Å². The lowest BCUT2D eigenvalue weighted by Gasteiger charge is -2.29. The van der Waals surface area contributed by atoms with Crippen LogP contribution in [0.25, 0.3) is 16.7 Å². The number of pyridine rings is 1. The zero-order valence-corrected chi connectivity index (χ0v) is 20.0. The molecule has 7 nitrogen and oxygen atoms in total. The second kappa shape index (κ2) is 9.03. The third kappa shape index (κ3) is 4.54. The van der Waals surface area contributed by atoms with Gasteiger partial charge in [-0.3, -0.25) is 15.0 Å². The summed E-state index contributed by atoms with van der Waals surface area (Å²) in [4.78, 5) is 26.0. The monoisotopic (exact) mass is 460 g/mol. The Labute approximate surface area is 197 Å². The molecule has 3 aromatic heterocycles. The summed E-state index contributed by atoms with van der Waals surface area (Å²) in [6.07, 6.45) is 4.09. The third-order valence-electron chi connectivity index (χ3n) is 6.41. The Morgan fingerprint density at radius 2 is 1.91 bits per heavy atom. The molecule has 33 heavy (non-hydrogen) atoms. The average Bonchev–Trinajstić information content (AvgIpc) is 3.36. The van der Waals surface area contributed by atoms with Crippen LogP contribution < -0.4 is 5.32 Å². The molecule has 5 rings (SSSR count). The molecule has 0 bridgehead atoms. The average molecular weight is 461 g/mol. The number of fused-ring (bicyclic) bond motifs is 1. The first-order valence-corrected chi connectivity index (χ1v) is 12.2. The fourth-order valence-corrected chi connectivity index (χ4v) is 5.25. The molecule has 4 heterocycles. The maximum atomic E-state index is 13.0. The van der Waals surface area contributed by atoms with Crippen molar-refractivity contribution in [2.75, 3.05) is 18.4 Å². The second-order valence-electron chi connectivity index (χ2n) is 8.86. The SMILES string of the molecule is Cc1nc(NC(=O)c2cnn(-c3ccc4ccccc4n3)c2C)sc1CN1CCC(C)CC1. The highest BCUT2D eigenvalue weighted by Gasteiger charge is 2.20. The Hall–Kier alpha value is -3.10. The van der Waals surface area contributed by atoms with E-state index in [4.69, 9.17) is 4.98 Å². The lowest BCUT2D eigenvalue weighted by molar-refractivity contribution is 0.102. The van der Waals surface area contributed by atoms with Gasteiger partial charge in [0.2, 0.25) is 0 Å². The molecule has 8 heteroatoms. The first-order valence-electron chi connectivity index (χ1n) is 11.4. The number of piperidine rings is 1. The molecule has 1 amide bonds. The van der Waals surface area contributed by atoms with E-state index in [9.17, 15) is 4.79 Å². The van der Waals surface area contributed by atoms with E-state index in [0.29, 0.717) is 16.5 Å². The van der Waals surface area contributed by atoms with Crippen LogP contribution in [-0.2, 0) is 6.54 Å². The zero-order chi connectivity index (χ0) is 22.9. The summed E-state index contributed by atoms with van der Waals surface area (Å²) >= 11 is 1.56. The van der Waals surface area contributed by atoms with Crippen molar-refractivity contribution in [3.05, 3.63) is 64.4 Å². The first kappa shape index (κ1) is 21.7. The van der Waals surface area contributed by atoms with E-state index in [-0.39, 0.29) is 5.91 Å². The number of benzene rings is 1. The van der Waals surface area contributed by atoms with Crippen molar-refractivity contribution in [1.29, 1.82) is 0 Å². The molecule has 0 radical (unpaired) electrons. The Morgan fingerprint density at radius 3 is 2.73 bits per heavy atom. The van der Waals surface area contributed by atoms with Gasteiger partial charge in [0.15, 0.2) is 10.9 Å². The fourth-order valence-electron chi connectivity index (χ4n) is 4.25. The summed E-state index contributed by atoms with van der Waals surface area (Å²) in [5.41, 5.74) is 3.14. The number of carbonyl (C=O) groups is 1. The van der Waals surface area contributed by atoms with Crippen molar-refractivity contribution < 1.29 is 4.79 Å². The second-order valence-corrected chi connectivity index (χ2v) is 9.94. The van der Waals surface area contributed by atoms with E-state index < -0.39 is 0 Å². The molecule has 1 aliphatic heterocycles. The normalized spacial score (nSPS) is 15.2. The van der Waals surface area contributed by atoms with E-state index in [1.807, 2.05) is 50.2 Å². The van der Waals surface area contributed by atoms with Crippen LogP contribution in [0.4, 0.5) is 5.13 Å². The van der Waals surface area contributed by atoms with Gasteiger partial charge in [-0.25, -0.2) is 14.6 Å². The van der Waals surface area contributed by atoms with Gasteiger partial charge in [-0.1, -0.05) is 25.1 Å². The predicted molar refractivity (Wildman–Crippen MR) is 132 cm³/mol. The van der Waals surface area contributed by atoms with Gasteiger partial charge in [-0.05, 0) is 63.9 Å². The molecule has 1 fully saturated rings. The molecule has 1 aliphatic rings. The van der Waals surface area contributed by atoms with Gasteiger partial charge in [0.25, 0.3) is 5.91 Å². The fraction of sp³-hybridized carbons (Fsp3) is 0.360. The van der Waals surface area contributed by atoms with Crippen molar-refractivity contribution in [3.63, 3.8) is 0 Å². The van der Waals surface area contributed by atoms with Gasteiger partial charge in [0.1, 0.15) is 0 Å². The molecule has 1 aromatic carbocycles. The highest BCUT2D eigenvalue weighted by molar-refractivity contribution is 7.15. The number of nitrogens with one attached hydrogen (secondary N) is 1. The predicted octanol–water partition coefficient (Wildman–Crippen LogP) is 4.98. The lowest BCUT2D eigenvalue weighted by atomic mass is 9.99. The minimum Gasteiger partial charge on any atom is -0.298 e. The van der Waals surface area contributed by atoms with Gasteiger partial charge in [-0.2, -0.15) is 5.10 Å². The highest BCUT2D eigenvalue weighted by Crippen LogP contribution is 2.27. The van der Waals surface area contributed by atoms with Gasteiger partial charge < -0.3 is 0 Å². The molecule has 170 valence electrons. The molecule has 0 unspecified atom stereocenters.